The highest BCUT2D eigenvalue weighted by Gasteiger charge is 2.19. The second kappa shape index (κ2) is 7.58. The van der Waals surface area contributed by atoms with Gasteiger partial charge in [-0.05, 0) is 55.0 Å². The molecule has 0 radical (unpaired) electrons. The van der Waals surface area contributed by atoms with Crippen LogP contribution in [0.5, 0.6) is 0 Å². The maximum atomic E-state index is 12.6. The van der Waals surface area contributed by atoms with E-state index in [2.05, 4.69) is 64.9 Å². The van der Waals surface area contributed by atoms with E-state index in [4.69, 9.17) is 4.98 Å². The summed E-state index contributed by atoms with van der Waals surface area (Å²) in [5, 5.41) is 4.20. The summed E-state index contributed by atoms with van der Waals surface area (Å²) < 4.78 is 2.14. The number of rotatable bonds is 5. The minimum absolute atomic E-state index is 0.0138. The van der Waals surface area contributed by atoms with Gasteiger partial charge in [0.2, 0.25) is 5.95 Å². The molecule has 5 nitrogen and oxygen atoms in total. The van der Waals surface area contributed by atoms with Gasteiger partial charge in [-0.3, -0.25) is 9.36 Å². The van der Waals surface area contributed by atoms with Crippen LogP contribution in [0.15, 0.2) is 41.3 Å². The fourth-order valence-electron chi connectivity index (χ4n) is 3.91. The molecule has 2 heterocycles. The zero-order valence-electron chi connectivity index (χ0n) is 15.6. The molecule has 0 aliphatic heterocycles. The number of fused-ring (bicyclic) bond motifs is 2. The van der Waals surface area contributed by atoms with E-state index in [9.17, 15) is 4.79 Å². The van der Waals surface area contributed by atoms with E-state index in [1.807, 2.05) is 4.57 Å². The Labute approximate surface area is 172 Å². The standard InChI is InChI=1S/C21H23IN4O/c1-3-18(13(2)22)26-19(27)10-8-16-12-23-21(25-20(16)26)24-17-9-7-14-5-4-6-15(14)11-17/h7-13,18H,3-6H2,1-2H3,(H,23,24,25). The zero-order chi connectivity index (χ0) is 19.0. The van der Waals surface area contributed by atoms with Gasteiger partial charge in [0.05, 0.1) is 0 Å². The van der Waals surface area contributed by atoms with Crippen molar-refractivity contribution in [1.29, 1.82) is 0 Å². The fourth-order valence-corrected chi connectivity index (χ4v) is 4.74. The van der Waals surface area contributed by atoms with Crippen molar-refractivity contribution in [1.82, 2.24) is 14.5 Å². The normalized spacial score (nSPS) is 15.5. The first-order valence-electron chi connectivity index (χ1n) is 9.48. The van der Waals surface area contributed by atoms with E-state index < -0.39 is 0 Å². The third-order valence-corrected chi connectivity index (χ3v) is 6.13. The Kier molecular flexibility index (Phi) is 5.16. The number of anilines is 2. The molecule has 27 heavy (non-hydrogen) atoms. The Morgan fingerprint density at radius 1 is 1.22 bits per heavy atom. The Hall–Kier alpha value is -1.96. The van der Waals surface area contributed by atoms with Crippen molar-refractivity contribution < 1.29 is 0 Å². The fraction of sp³-hybridized carbons (Fsp3) is 0.381. The van der Waals surface area contributed by atoms with E-state index >= 15 is 0 Å². The minimum Gasteiger partial charge on any atom is -0.324 e. The lowest BCUT2D eigenvalue weighted by Gasteiger charge is -2.22. The van der Waals surface area contributed by atoms with E-state index in [-0.39, 0.29) is 11.6 Å². The number of benzene rings is 1. The molecule has 3 aromatic rings. The Morgan fingerprint density at radius 2 is 2.04 bits per heavy atom. The van der Waals surface area contributed by atoms with Gasteiger partial charge in [0.1, 0.15) is 5.65 Å². The molecule has 2 unspecified atom stereocenters. The van der Waals surface area contributed by atoms with Gasteiger partial charge in [-0.15, -0.1) is 0 Å². The van der Waals surface area contributed by atoms with Crippen LogP contribution >= 0.6 is 22.6 Å². The molecule has 1 aliphatic carbocycles. The molecule has 6 heteroatoms. The lowest BCUT2D eigenvalue weighted by molar-refractivity contribution is 0.490. The first-order valence-corrected chi connectivity index (χ1v) is 10.7. The average Bonchev–Trinajstić information content (AvgIpc) is 3.11. The van der Waals surface area contributed by atoms with Crippen molar-refractivity contribution in [3.63, 3.8) is 0 Å². The topological polar surface area (TPSA) is 59.8 Å². The van der Waals surface area contributed by atoms with Gasteiger partial charge < -0.3 is 5.32 Å². The lowest BCUT2D eigenvalue weighted by atomic mass is 10.1. The number of aromatic nitrogens is 3. The zero-order valence-corrected chi connectivity index (χ0v) is 17.7. The molecule has 0 bridgehead atoms. The molecule has 1 aromatic carbocycles. The van der Waals surface area contributed by atoms with Crippen LogP contribution in [-0.2, 0) is 12.8 Å². The number of nitrogens with one attached hydrogen (secondary N) is 1. The molecule has 0 amide bonds. The molecule has 0 saturated carbocycles. The largest absolute Gasteiger partial charge is 0.324 e. The third kappa shape index (κ3) is 3.59. The molecule has 2 atom stereocenters. The number of halogens is 1. The number of hydrogen-bond donors (Lipinski definition) is 1. The summed E-state index contributed by atoms with van der Waals surface area (Å²) in [6.45, 7) is 4.24. The lowest BCUT2D eigenvalue weighted by Crippen LogP contribution is -2.29. The van der Waals surface area contributed by atoms with Gasteiger partial charge in [-0.2, -0.15) is 4.98 Å². The van der Waals surface area contributed by atoms with Gasteiger partial charge in [-0.25, -0.2) is 4.98 Å². The van der Waals surface area contributed by atoms with Gasteiger partial charge in [0.25, 0.3) is 5.56 Å². The van der Waals surface area contributed by atoms with Crippen LogP contribution in [0.2, 0.25) is 0 Å². The SMILES string of the molecule is CCC(C(C)I)n1c(=O)ccc2cnc(Nc3ccc4c(c3)CCC4)nc21. The maximum absolute atomic E-state index is 12.6. The van der Waals surface area contributed by atoms with Crippen LogP contribution in [0.1, 0.15) is 43.9 Å². The quantitative estimate of drug-likeness (QED) is 0.427. The van der Waals surface area contributed by atoms with Crippen molar-refractivity contribution in [2.75, 3.05) is 5.32 Å². The summed E-state index contributed by atoms with van der Waals surface area (Å²) in [5.74, 6) is 0.524. The maximum Gasteiger partial charge on any atom is 0.252 e. The predicted octanol–water partition coefficient (Wildman–Crippen LogP) is 4.80. The van der Waals surface area contributed by atoms with Crippen LogP contribution in [0.25, 0.3) is 11.0 Å². The monoisotopic (exact) mass is 474 g/mol. The average molecular weight is 474 g/mol. The van der Waals surface area contributed by atoms with Crippen LogP contribution in [-0.4, -0.2) is 18.5 Å². The van der Waals surface area contributed by atoms with E-state index in [0.29, 0.717) is 15.5 Å². The van der Waals surface area contributed by atoms with Crippen molar-refractivity contribution >= 4 is 45.3 Å². The van der Waals surface area contributed by atoms with Crippen molar-refractivity contribution in [3.8, 4) is 0 Å². The number of nitrogens with zero attached hydrogens (tertiary/aromatic N) is 3. The van der Waals surface area contributed by atoms with Gasteiger partial charge in [0, 0.05) is 33.3 Å². The number of aryl methyl sites for hydroxylation is 2. The summed E-state index contributed by atoms with van der Waals surface area (Å²) in [5.41, 5.74) is 4.52. The summed E-state index contributed by atoms with van der Waals surface area (Å²) in [6.07, 6.45) is 6.19. The molecule has 1 aliphatic rings. The second-order valence-corrected chi connectivity index (χ2v) is 9.09. The third-order valence-electron chi connectivity index (χ3n) is 5.30. The van der Waals surface area contributed by atoms with Crippen molar-refractivity contribution in [2.24, 2.45) is 0 Å². The first kappa shape index (κ1) is 18.4. The molecule has 4 rings (SSSR count). The molecule has 140 valence electrons. The van der Waals surface area contributed by atoms with Crippen LogP contribution in [0.3, 0.4) is 0 Å². The molecule has 0 saturated heterocycles. The summed E-state index contributed by atoms with van der Waals surface area (Å²) in [4.78, 5) is 21.8. The number of alkyl halides is 1. The van der Waals surface area contributed by atoms with E-state index in [1.165, 1.54) is 24.0 Å². The molecule has 0 fully saturated rings. The van der Waals surface area contributed by atoms with Crippen LogP contribution in [0, 0.1) is 0 Å². The van der Waals surface area contributed by atoms with E-state index in [0.717, 1.165) is 23.9 Å². The Balaban J connectivity index is 1.76. The van der Waals surface area contributed by atoms with Crippen LogP contribution in [0.4, 0.5) is 11.6 Å². The first-order chi connectivity index (χ1) is 13.1. The molecule has 1 N–H and O–H groups in total. The molecule has 2 aromatic heterocycles. The van der Waals surface area contributed by atoms with Crippen molar-refractivity contribution in [2.45, 2.75) is 49.5 Å². The van der Waals surface area contributed by atoms with Crippen molar-refractivity contribution in [3.05, 3.63) is 58.0 Å². The van der Waals surface area contributed by atoms with E-state index in [1.54, 1.807) is 18.3 Å². The predicted molar refractivity (Wildman–Crippen MR) is 118 cm³/mol. The second-order valence-electron chi connectivity index (χ2n) is 7.13. The minimum atomic E-state index is -0.0138. The summed E-state index contributed by atoms with van der Waals surface area (Å²) >= 11 is 2.38. The van der Waals surface area contributed by atoms with Gasteiger partial charge >= 0.3 is 0 Å². The van der Waals surface area contributed by atoms with Crippen LogP contribution < -0.4 is 10.9 Å². The number of hydrogen-bond acceptors (Lipinski definition) is 4. The molecular formula is C21H23IN4O. The molecular weight excluding hydrogens is 451 g/mol. The number of pyridine rings is 1. The van der Waals surface area contributed by atoms with Gasteiger partial charge in [0.15, 0.2) is 0 Å². The summed E-state index contributed by atoms with van der Waals surface area (Å²) in [7, 11) is 0. The molecule has 0 spiro atoms. The highest BCUT2D eigenvalue weighted by atomic mass is 127. The smallest absolute Gasteiger partial charge is 0.252 e. The highest BCUT2D eigenvalue weighted by molar-refractivity contribution is 14.1. The Morgan fingerprint density at radius 3 is 2.81 bits per heavy atom. The Bertz CT molecular complexity index is 1040. The highest BCUT2D eigenvalue weighted by Crippen LogP contribution is 2.27. The van der Waals surface area contributed by atoms with Gasteiger partial charge in [-0.1, -0.05) is 42.5 Å². The summed E-state index contributed by atoms with van der Waals surface area (Å²) in [6, 6.07) is 9.98.